The van der Waals surface area contributed by atoms with Crippen LogP contribution < -0.4 is 0 Å². The summed E-state index contributed by atoms with van der Waals surface area (Å²) in [6, 6.07) is 13.3. The first kappa shape index (κ1) is 14.8. The molecule has 2 aromatic carbocycles. The minimum Gasteiger partial charge on any atom is -0.207 e. The fraction of sp³-hybridized carbons (Fsp3) is 0.250. The van der Waals surface area contributed by atoms with Crippen LogP contribution in [-0.2, 0) is 10.0 Å². The molecular formula is C16H19NO2S. The van der Waals surface area contributed by atoms with Gasteiger partial charge in [0.05, 0.1) is 4.90 Å². The Morgan fingerprint density at radius 2 is 1.30 bits per heavy atom. The zero-order chi connectivity index (χ0) is 14.9. The van der Waals surface area contributed by atoms with E-state index < -0.39 is 10.0 Å². The lowest BCUT2D eigenvalue weighted by atomic mass is 10.0. The first-order valence-electron chi connectivity index (χ1n) is 6.42. The maximum absolute atomic E-state index is 12.0. The molecule has 0 aliphatic rings. The number of nitrogens with zero attached hydrogens (tertiary/aromatic N) is 1. The van der Waals surface area contributed by atoms with Crippen LogP contribution in [0.15, 0.2) is 47.4 Å². The quantitative estimate of drug-likeness (QED) is 0.870. The molecule has 0 atom stereocenters. The molecule has 20 heavy (non-hydrogen) atoms. The van der Waals surface area contributed by atoms with Crippen molar-refractivity contribution in [1.82, 2.24) is 4.31 Å². The second kappa shape index (κ2) is 5.38. The molecule has 0 heterocycles. The van der Waals surface area contributed by atoms with Crippen molar-refractivity contribution in [3.05, 3.63) is 53.6 Å². The van der Waals surface area contributed by atoms with Crippen LogP contribution in [0.1, 0.15) is 11.1 Å². The van der Waals surface area contributed by atoms with Crippen LogP contribution in [0.4, 0.5) is 0 Å². The molecule has 0 fully saturated rings. The summed E-state index contributed by atoms with van der Waals surface area (Å²) in [6.07, 6.45) is 0. The minimum absolute atomic E-state index is 0.315. The van der Waals surface area contributed by atoms with Crippen molar-refractivity contribution in [1.29, 1.82) is 0 Å². The lowest BCUT2D eigenvalue weighted by Gasteiger charge is -2.12. The summed E-state index contributed by atoms with van der Waals surface area (Å²) < 4.78 is 25.2. The van der Waals surface area contributed by atoms with Crippen molar-refractivity contribution in [3.63, 3.8) is 0 Å². The van der Waals surface area contributed by atoms with Crippen LogP contribution in [0.3, 0.4) is 0 Å². The third kappa shape index (κ3) is 2.92. The largest absolute Gasteiger partial charge is 0.242 e. The van der Waals surface area contributed by atoms with E-state index in [1.807, 2.05) is 12.1 Å². The molecule has 0 bridgehead atoms. The molecular weight excluding hydrogens is 270 g/mol. The SMILES string of the molecule is Cc1cc(C)cc(-c2ccc(S(=O)(=O)N(C)C)cc2)c1. The maximum Gasteiger partial charge on any atom is 0.242 e. The van der Waals surface area contributed by atoms with E-state index in [4.69, 9.17) is 0 Å². The van der Waals surface area contributed by atoms with Crippen molar-refractivity contribution in [3.8, 4) is 11.1 Å². The zero-order valence-corrected chi connectivity index (χ0v) is 13.0. The fourth-order valence-electron chi connectivity index (χ4n) is 2.17. The summed E-state index contributed by atoms with van der Waals surface area (Å²) in [7, 11) is -0.289. The van der Waals surface area contributed by atoms with Crippen molar-refractivity contribution in [2.24, 2.45) is 0 Å². The van der Waals surface area contributed by atoms with E-state index in [-0.39, 0.29) is 0 Å². The lowest BCUT2D eigenvalue weighted by Crippen LogP contribution is -2.22. The van der Waals surface area contributed by atoms with Gasteiger partial charge < -0.3 is 0 Å². The van der Waals surface area contributed by atoms with Gasteiger partial charge in [-0.05, 0) is 37.1 Å². The topological polar surface area (TPSA) is 37.4 Å². The third-order valence-corrected chi connectivity index (χ3v) is 5.02. The molecule has 0 amide bonds. The normalized spacial score (nSPS) is 11.8. The molecule has 106 valence electrons. The average Bonchev–Trinajstić information content (AvgIpc) is 2.37. The van der Waals surface area contributed by atoms with Gasteiger partial charge in [-0.25, -0.2) is 12.7 Å². The zero-order valence-electron chi connectivity index (χ0n) is 12.2. The van der Waals surface area contributed by atoms with Gasteiger partial charge in [0, 0.05) is 14.1 Å². The third-order valence-electron chi connectivity index (χ3n) is 3.19. The van der Waals surface area contributed by atoms with Gasteiger partial charge in [0.2, 0.25) is 10.0 Å². The summed E-state index contributed by atoms with van der Waals surface area (Å²) in [5.41, 5.74) is 4.53. The van der Waals surface area contributed by atoms with Crippen LogP contribution in [0, 0.1) is 13.8 Å². The standard InChI is InChI=1S/C16H19NO2S/c1-12-9-13(2)11-15(10-12)14-5-7-16(8-6-14)20(18,19)17(3)4/h5-11H,1-4H3. The van der Waals surface area contributed by atoms with Gasteiger partial charge in [-0.3, -0.25) is 0 Å². The summed E-state index contributed by atoms with van der Waals surface area (Å²) in [4.78, 5) is 0.315. The molecule has 4 heteroatoms. The van der Waals surface area contributed by atoms with Gasteiger partial charge in [0.1, 0.15) is 0 Å². The Bertz CT molecular complexity index is 696. The lowest BCUT2D eigenvalue weighted by molar-refractivity contribution is 0.521. The Morgan fingerprint density at radius 1 is 0.800 bits per heavy atom. The molecule has 0 N–H and O–H groups in total. The van der Waals surface area contributed by atoms with E-state index in [2.05, 4.69) is 32.0 Å². The van der Waals surface area contributed by atoms with Gasteiger partial charge in [-0.1, -0.05) is 41.5 Å². The number of hydrogen-bond acceptors (Lipinski definition) is 2. The predicted octanol–water partition coefficient (Wildman–Crippen LogP) is 3.22. The number of benzene rings is 2. The van der Waals surface area contributed by atoms with Crippen LogP contribution in [-0.4, -0.2) is 26.8 Å². The monoisotopic (exact) mass is 289 g/mol. The second-order valence-electron chi connectivity index (χ2n) is 5.19. The van der Waals surface area contributed by atoms with Crippen molar-refractivity contribution >= 4 is 10.0 Å². The molecule has 0 unspecified atom stereocenters. The molecule has 0 aliphatic heterocycles. The van der Waals surface area contributed by atoms with Gasteiger partial charge >= 0.3 is 0 Å². The minimum atomic E-state index is -3.36. The van der Waals surface area contributed by atoms with Gasteiger partial charge in [0.25, 0.3) is 0 Å². The van der Waals surface area contributed by atoms with E-state index in [1.54, 1.807) is 12.1 Å². The van der Waals surface area contributed by atoms with Crippen LogP contribution in [0.5, 0.6) is 0 Å². The van der Waals surface area contributed by atoms with Crippen molar-refractivity contribution in [2.45, 2.75) is 18.7 Å². The fourth-order valence-corrected chi connectivity index (χ4v) is 3.07. The summed E-state index contributed by atoms with van der Waals surface area (Å²) in [5.74, 6) is 0. The van der Waals surface area contributed by atoms with Crippen LogP contribution >= 0.6 is 0 Å². The highest BCUT2D eigenvalue weighted by molar-refractivity contribution is 7.89. The first-order chi connectivity index (χ1) is 9.30. The summed E-state index contributed by atoms with van der Waals surface area (Å²) in [5, 5.41) is 0. The van der Waals surface area contributed by atoms with Crippen LogP contribution in [0.25, 0.3) is 11.1 Å². The molecule has 0 radical (unpaired) electrons. The Hall–Kier alpha value is -1.65. The molecule has 2 rings (SSSR count). The highest BCUT2D eigenvalue weighted by Gasteiger charge is 2.16. The molecule has 0 saturated carbocycles. The highest BCUT2D eigenvalue weighted by atomic mass is 32.2. The summed E-state index contributed by atoms with van der Waals surface area (Å²) in [6.45, 7) is 4.11. The highest BCUT2D eigenvalue weighted by Crippen LogP contribution is 2.24. The van der Waals surface area contributed by atoms with E-state index in [1.165, 1.54) is 29.5 Å². The predicted molar refractivity (Wildman–Crippen MR) is 82.2 cm³/mol. The number of hydrogen-bond donors (Lipinski definition) is 0. The van der Waals surface area contributed by atoms with E-state index in [0.29, 0.717) is 4.90 Å². The second-order valence-corrected chi connectivity index (χ2v) is 7.34. The molecule has 3 nitrogen and oxygen atoms in total. The first-order valence-corrected chi connectivity index (χ1v) is 7.86. The van der Waals surface area contributed by atoms with E-state index in [0.717, 1.165) is 11.1 Å². The molecule has 2 aromatic rings. The van der Waals surface area contributed by atoms with Crippen molar-refractivity contribution in [2.75, 3.05) is 14.1 Å². The molecule has 0 spiro atoms. The Morgan fingerprint density at radius 3 is 1.75 bits per heavy atom. The van der Waals surface area contributed by atoms with E-state index in [9.17, 15) is 8.42 Å². The Balaban J connectivity index is 2.43. The number of rotatable bonds is 3. The Labute approximate surface area is 120 Å². The smallest absolute Gasteiger partial charge is 0.207 e. The number of aryl methyl sites for hydroxylation is 2. The van der Waals surface area contributed by atoms with Crippen LogP contribution in [0.2, 0.25) is 0 Å². The van der Waals surface area contributed by atoms with Gasteiger partial charge in [-0.2, -0.15) is 0 Å². The molecule has 0 saturated heterocycles. The van der Waals surface area contributed by atoms with Crippen molar-refractivity contribution < 1.29 is 8.42 Å². The van der Waals surface area contributed by atoms with Gasteiger partial charge in [0.15, 0.2) is 0 Å². The summed E-state index contributed by atoms with van der Waals surface area (Å²) >= 11 is 0. The number of sulfonamides is 1. The van der Waals surface area contributed by atoms with E-state index >= 15 is 0 Å². The Kier molecular flexibility index (Phi) is 3.97. The average molecular weight is 289 g/mol. The molecule has 0 aromatic heterocycles. The van der Waals surface area contributed by atoms with Gasteiger partial charge in [-0.15, -0.1) is 0 Å². The maximum atomic E-state index is 12.0. The molecule has 0 aliphatic carbocycles.